The molecule has 1 unspecified atom stereocenters. The van der Waals surface area contributed by atoms with Gasteiger partial charge in [0.05, 0.1) is 0 Å². The van der Waals surface area contributed by atoms with Crippen LogP contribution < -0.4 is 5.73 Å². The summed E-state index contributed by atoms with van der Waals surface area (Å²) in [6, 6.07) is 0. The Balaban J connectivity index is 2.60. The lowest BCUT2D eigenvalue weighted by Crippen LogP contribution is -2.26. The van der Waals surface area contributed by atoms with Crippen molar-refractivity contribution in [2.45, 2.75) is 86.0 Å². The molecule has 1 aliphatic carbocycles. The van der Waals surface area contributed by atoms with E-state index in [9.17, 15) is 4.79 Å². The van der Waals surface area contributed by atoms with E-state index >= 15 is 0 Å². The molecule has 1 aliphatic rings. The molecule has 1 saturated carbocycles. The topological polar surface area (TPSA) is 43.1 Å². The number of nitrogens with two attached hydrogens (primary N) is 1. The van der Waals surface area contributed by atoms with Crippen molar-refractivity contribution in [2.75, 3.05) is 0 Å². The van der Waals surface area contributed by atoms with Crippen LogP contribution in [-0.4, -0.2) is 5.78 Å². The number of rotatable bonds is 8. The molecule has 2 nitrogen and oxygen atoms in total. The van der Waals surface area contributed by atoms with Crippen LogP contribution in [0.1, 0.15) is 86.0 Å². The Kier molecular flexibility index (Phi) is 8.80. The van der Waals surface area contributed by atoms with Crippen LogP contribution in [0, 0.1) is 23.2 Å². The maximum atomic E-state index is 12.2. The SMILES string of the molecule is CCCCC(=O)C(C)/C=C(\C=C/N)CC1CCC(C(C)(C)C)CC1. The third-order valence-electron chi connectivity index (χ3n) is 5.65. The number of hydrogen-bond donors (Lipinski definition) is 1. The Labute approximate surface area is 150 Å². The molecule has 1 atom stereocenters. The molecule has 1 fully saturated rings. The summed E-state index contributed by atoms with van der Waals surface area (Å²) in [6.07, 6.45) is 14.9. The van der Waals surface area contributed by atoms with Gasteiger partial charge in [0.1, 0.15) is 5.78 Å². The first-order valence-corrected chi connectivity index (χ1v) is 9.89. The molecule has 0 aromatic heterocycles. The van der Waals surface area contributed by atoms with Gasteiger partial charge in [-0.15, -0.1) is 0 Å². The van der Waals surface area contributed by atoms with Gasteiger partial charge in [-0.2, -0.15) is 0 Å². The van der Waals surface area contributed by atoms with Crippen LogP contribution in [0.4, 0.5) is 0 Å². The summed E-state index contributed by atoms with van der Waals surface area (Å²) in [6.45, 7) is 11.3. The fourth-order valence-corrected chi connectivity index (χ4v) is 3.87. The van der Waals surface area contributed by atoms with Crippen molar-refractivity contribution in [3.8, 4) is 0 Å². The lowest BCUT2D eigenvalue weighted by molar-refractivity contribution is -0.121. The lowest BCUT2D eigenvalue weighted by atomic mass is 9.69. The van der Waals surface area contributed by atoms with E-state index in [2.05, 4.69) is 33.8 Å². The second-order valence-electron chi connectivity index (χ2n) is 8.75. The average molecular weight is 334 g/mol. The maximum Gasteiger partial charge on any atom is 0.139 e. The minimum Gasteiger partial charge on any atom is -0.405 e. The van der Waals surface area contributed by atoms with Crippen molar-refractivity contribution in [1.29, 1.82) is 0 Å². The van der Waals surface area contributed by atoms with Gasteiger partial charge in [-0.25, -0.2) is 0 Å². The third kappa shape index (κ3) is 7.23. The molecular weight excluding hydrogens is 294 g/mol. The van der Waals surface area contributed by atoms with E-state index in [4.69, 9.17) is 5.73 Å². The van der Waals surface area contributed by atoms with Gasteiger partial charge in [0.2, 0.25) is 0 Å². The van der Waals surface area contributed by atoms with E-state index in [1.807, 2.05) is 13.0 Å². The van der Waals surface area contributed by atoms with E-state index in [1.165, 1.54) is 31.3 Å². The number of ketones is 1. The van der Waals surface area contributed by atoms with E-state index in [0.717, 1.165) is 31.1 Å². The van der Waals surface area contributed by atoms with E-state index in [0.29, 0.717) is 17.6 Å². The van der Waals surface area contributed by atoms with E-state index in [-0.39, 0.29) is 5.92 Å². The monoisotopic (exact) mass is 333 g/mol. The highest BCUT2D eigenvalue weighted by Gasteiger charge is 2.29. The molecule has 0 bridgehead atoms. The summed E-state index contributed by atoms with van der Waals surface area (Å²) in [7, 11) is 0. The van der Waals surface area contributed by atoms with E-state index < -0.39 is 0 Å². The molecule has 0 heterocycles. The van der Waals surface area contributed by atoms with Gasteiger partial charge in [0.25, 0.3) is 0 Å². The minimum absolute atomic E-state index is 0.00802. The summed E-state index contributed by atoms with van der Waals surface area (Å²) >= 11 is 0. The predicted molar refractivity (Wildman–Crippen MR) is 105 cm³/mol. The highest BCUT2D eigenvalue weighted by atomic mass is 16.1. The number of unbranched alkanes of at least 4 members (excludes halogenated alkanes) is 1. The smallest absolute Gasteiger partial charge is 0.139 e. The van der Waals surface area contributed by atoms with Crippen molar-refractivity contribution in [2.24, 2.45) is 28.9 Å². The van der Waals surface area contributed by atoms with Crippen molar-refractivity contribution < 1.29 is 4.79 Å². The largest absolute Gasteiger partial charge is 0.405 e. The molecule has 0 radical (unpaired) electrons. The molecule has 0 aromatic rings. The molecule has 0 aromatic carbocycles. The fraction of sp³-hybridized carbons (Fsp3) is 0.773. The first kappa shape index (κ1) is 21.0. The van der Waals surface area contributed by atoms with Gasteiger partial charge in [-0.05, 0) is 73.6 Å². The zero-order chi connectivity index (χ0) is 18.2. The van der Waals surface area contributed by atoms with Crippen LogP contribution in [0.25, 0.3) is 0 Å². The minimum atomic E-state index is 0.00802. The molecule has 0 amide bonds. The van der Waals surface area contributed by atoms with E-state index in [1.54, 1.807) is 6.20 Å². The lowest BCUT2D eigenvalue weighted by Gasteiger charge is -2.37. The standard InChI is InChI=1S/C22H39NO/c1-6-7-8-21(24)17(2)15-19(13-14-23)16-18-9-11-20(12-10-18)22(3,4)5/h13-15,17-18,20H,6-12,16,23H2,1-5H3/b14-13-,19-15+. The highest BCUT2D eigenvalue weighted by molar-refractivity contribution is 5.82. The molecule has 0 saturated heterocycles. The first-order chi connectivity index (χ1) is 11.3. The zero-order valence-corrected chi connectivity index (χ0v) is 16.6. The molecule has 0 aliphatic heterocycles. The van der Waals surface area contributed by atoms with Crippen LogP contribution in [0.3, 0.4) is 0 Å². The van der Waals surface area contributed by atoms with Gasteiger partial charge in [-0.1, -0.05) is 47.1 Å². The molecule has 2 N–H and O–H groups in total. The average Bonchev–Trinajstić information content (AvgIpc) is 2.52. The molecule has 24 heavy (non-hydrogen) atoms. The Morgan fingerprint density at radius 3 is 2.33 bits per heavy atom. The molecule has 0 spiro atoms. The second kappa shape index (κ2) is 10.1. The van der Waals surface area contributed by atoms with Crippen LogP contribution in [0.2, 0.25) is 0 Å². The van der Waals surface area contributed by atoms with Crippen molar-refractivity contribution in [3.05, 3.63) is 23.9 Å². The molecule has 2 heteroatoms. The summed E-state index contributed by atoms with van der Waals surface area (Å²) in [5.74, 6) is 1.95. The van der Waals surface area contributed by atoms with Crippen LogP contribution in [-0.2, 0) is 4.79 Å². The highest BCUT2D eigenvalue weighted by Crippen LogP contribution is 2.41. The molecular formula is C22H39NO. The van der Waals surface area contributed by atoms with Crippen LogP contribution in [0.5, 0.6) is 0 Å². The number of carbonyl (C=O) groups is 1. The Hall–Kier alpha value is -1.05. The number of hydrogen-bond acceptors (Lipinski definition) is 2. The van der Waals surface area contributed by atoms with Gasteiger partial charge < -0.3 is 5.73 Å². The number of carbonyl (C=O) groups excluding carboxylic acids is 1. The third-order valence-corrected chi connectivity index (χ3v) is 5.65. The Bertz CT molecular complexity index is 433. The van der Waals surface area contributed by atoms with Crippen molar-refractivity contribution >= 4 is 5.78 Å². The van der Waals surface area contributed by atoms with Gasteiger partial charge in [0, 0.05) is 12.3 Å². The number of Topliss-reactive ketones (excluding diaryl/α,β-unsaturated/α-hetero) is 1. The number of allylic oxidation sites excluding steroid dienone is 3. The first-order valence-electron chi connectivity index (χ1n) is 9.89. The predicted octanol–water partition coefficient (Wildman–Crippen LogP) is 6.02. The maximum absolute atomic E-state index is 12.2. The normalized spacial score (nSPS) is 24.3. The summed E-state index contributed by atoms with van der Waals surface area (Å²) in [5, 5.41) is 0. The van der Waals surface area contributed by atoms with Crippen LogP contribution >= 0.6 is 0 Å². The van der Waals surface area contributed by atoms with Gasteiger partial charge >= 0.3 is 0 Å². The fourth-order valence-electron chi connectivity index (χ4n) is 3.87. The summed E-state index contributed by atoms with van der Waals surface area (Å²) in [4.78, 5) is 12.2. The van der Waals surface area contributed by atoms with Crippen molar-refractivity contribution in [3.63, 3.8) is 0 Å². The molecule has 138 valence electrons. The Morgan fingerprint density at radius 2 is 1.83 bits per heavy atom. The van der Waals surface area contributed by atoms with Crippen LogP contribution in [0.15, 0.2) is 23.9 Å². The second-order valence-corrected chi connectivity index (χ2v) is 8.75. The van der Waals surface area contributed by atoms with Gasteiger partial charge in [0.15, 0.2) is 0 Å². The molecule has 1 rings (SSSR count). The van der Waals surface area contributed by atoms with Crippen molar-refractivity contribution in [1.82, 2.24) is 0 Å². The summed E-state index contributed by atoms with van der Waals surface area (Å²) < 4.78 is 0. The quantitative estimate of drug-likeness (QED) is 0.552. The summed E-state index contributed by atoms with van der Waals surface area (Å²) in [5.41, 5.74) is 7.32. The van der Waals surface area contributed by atoms with Gasteiger partial charge in [-0.3, -0.25) is 4.79 Å². The Morgan fingerprint density at radius 1 is 1.21 bits per heavy atom. The zero-order valence-electron chi connectivity index (χ0n) is 16.6.